The average molecular weight is 408 g/mol. The molecule has 1 aromatic carbocycles. The molecule has 152 valence electrons. The Labute approximate surface area is 163 Å². The van der Waals surface area contributed by atoms with Crippen LogP contribution in [0.1, 0.15) is 19.8 Å². The SMILES string of the molecule is CCN=C(NS(=O)(=O)c1ccc(NC(=O)O)cc1)N1CC2(C=N1)CCNCC2. The van der Waals surface area contributed by atoms with E-state index in [4.69, 9.17) is 5.11 Å². The van der Waals surface area contributed by atoms with Crippen molar-refractivity contribution in [3.8, 4) is 0 Å². The minimum absolute atomic E-state index is 0.00648. The first-order chi connectivity index (χ1) is 13.3. The second kappa shape index (κ2) is 8.15. The Kier molecular flexibility index (Phi) is 5.84. The van der Waals surface area contributed by atoms with Gasteiger partial charge in [0.1, 0.15) is 0 Å². The molecule has 0 radical (unpaired) electrons. The van der Waals surface area contributed by atoms with Crippen LogP contribution in [0.15, 0.2) is 39.3 Å². The van der Waals surface area contributed by atoms with Crippen LogP contribution < -0.4 is 15.4 Å². The lowest BCUT2D eigenvalue weighted by molar-refractivity contribution is 0.209. The minimum Gasteiger partial charge on any atom is -0.465 e. The first-order valence-corrected chi connectivity index (χ1v) is 10.5. The van der Waals surface area contributed by atoms with E-state index in [9.17, 15) is 13.2 Å². The highest BCUT2D eigenvalue weighted by Gasteiger charge is 2.38. The van der Waals surface area contributed by atoms with Crippen molar-refractivity contribution in [2.75, 3.05) is 31.5 Å². The van der Waals surface area contributed by atoms with E-state index in [1.165, 1.54) is 24.3 Å². The molecule has 1 amide bonds. The molecule has 4 N–H and O–H groups in total. The van der Waals surface area contributed by atoms with Crippen LogP contribution in [-0.2, 0) is 10.0 Å². The second-order valence-electron chi connectivity index (χ2n) is 6.77. The molecule has 2 aliphatic heterocycles. The van der Waals surface area contributed by atoms with Gasteiger partial charge in [-0.1, -0.05) is 0 Å². The minimum atomic E-state index is -3.89. The summed E-state index contributed by atoms with van der Waals surface area (Å²) in [5.74, 6) is 0.182. The summed E-state index contributed by atoms with van der Waals surface area (Å²) in [6, 6.07) is 5.44. The largest absolute Gasteiger partial charge is 0.465 e. The molecule has 0 atom stereocenters. The zero-order chi connectivity index (χ0) is 20.2. The number of nitrogens with zero attached hydrogens (tertiary/aromatic N) is 3. The number of benzene rings is 1. The number of carboxylic acid groups (broad SMARTS) is 1. The lowest BCUT2D eigenvalue weighted by atomic mass is 9.81. The van der Waals surface area contributed by atoms with Crippen molar-refractivity contribution in [3.05, 3.63) is 24.3 Å². The summed E-state index contributed by atoms with van der Waals surface area (Å²) in [6.07, 6.45) is 2.57. The number of anilines is 1. The third kappa shape index (κ3) is 4.60. The molecule has 0 aliphatic carbocycles. The number of sulfonamides is 1. The van der Waals surface area contributed by atoms with E-state index >= 15 is 0 Å². The second-order valence-corrected chi connectivity index (χ2v) is 8.45. The quantitative estimate of drug-likeness (QED) is 0.435. The van der Waals surface area contributed by atoms with Crippen LogP contribution >= 0.6 is 0 Å². The molecule has 0 aromatic heterocycles. The Hall–Kier alpha value is -2.66. The van der Waals surface area contributed by atoms with Crippen LogP contribution in [0.4, 0.5) is 10.5 Å². The summed E-state index contributed by atoms with van der Waals surface area (Å²) in [5.41, 5.74) is 0.223. The van der Waals surface area contributed by atoms with Gasteiger partial charge in [0, 0.05) is 23.9 Å². The van der Waals surface area contributed by atoms with Gasteiger partial charge in [0.05, 0.1) is 11.4 Å². The lowest BCUT2D eigenvalue weighted by Gasteiger charge is -2.32. The Morgan fingerprint density at radius 1 is 1.32 bits per heavy atom. The van der Waals surface area contributed by atoms with Gasteiger partial charge in [0.2, 0.25) is 5.96 Å². The van der Waals surface area contributed by atoms with E-state index in [0.717, 1.165) is 25.9 Å². The molecule has 10 nitrogen and oxygen atoms in total. The summed E-state index contributed by atoms with van der Waals surface area (Å²) in [4.78, 5) is 15.0. The number of nitrogens with one attached hydrogen (secondary N) is 3. The topological polar surface area (TPSA) is 135 Å². The molecule has 3 rings (SSSR count). The molecule has 11 heteroatoms. The van der Waals surface area contributed by atoms with Crippen LogP contribution in [0.2, 0.25) is 0 Å². The van der Waals surface area contributed by atoms with Crippen LogP contribution in [-0.4, -0.2) is 63.0 Å². The third-order valence-electron chi connectivity index (χ3n) is 4.73. The number of hydrogen-bond donors (Lipinski definition) is 4. The fraction of sp³-hybridized carbons (Fsp3) is 0.471. The number of piperidine rings is 1. The van der Waals surface area contributed by atoms with Crippen molar-refractivity contribution in [2.24, 2.45) is 15.5 Å². The first-order valence-electron chi connectivity index (χ1n) is 9.04. The van der Waals surface area contributed by atoms with Crippen LogP contribution in [0.5, 0.6) is 0 Å². The van der Waals surface area contributed by atoms with Crippen molar-refractivity contribution >= 4 is 34.0 Å². The molecular weight excluding hydrogens is 384 g/mol. The molecule has 0 unspecified atom stereocenters. The van der Waals surface area contributed by atoms with E-state index < -0.39 is 16.1 Å². The molecule has 28 heavy (non-hydrogen) atoms. The van der Waals surface area contributed by atoms with E-state index in [2.05, 4.69) is 25.4 Å². The Morgan fingerprint density at radius 2 is 2.00 bits per heavy atom. The van der Waals surface area contributed by atoms with Gasteiger partial charge in [-0.05, 0) is 57.1 Å². The highest BCUT2D eigenvalue weighted by molar-refractivity contribution is 7.90. The first kappa shape index (κ1) is 20.1. The molecule has 1 spiro atoms. The molecule has 1 aromatic rings. The third-order valence-corrected chi connectivity index (χ3v) is 6.07. The van der Waals surface area contributed by atoms with E-state index in [1.54, 1.807) is 5.01 Å². The van der Waals surface area contributed by atoms with Gasteiger partial charge in [-0.25, -0.2) is 22.9 Å². The molecule has 2 heterocycles. The summed E-state index contributed by atoms with van der Waals surface area (Å²) in [6.45, 7) is 4.61. The van der Waals surface area contributed by atoms with Gasteiger partial charge >= 0.3 is 6.09 Å². The number of amides is 1. The fourth-order valence-corrected chi connectivity index (χ4v) is 4.27. The lowest BCUT2D eigenvalue weighted by Crippen LogP contribution is -2.45. The summed E-state index contributed by atoms with van der Waals surface area (Å²) >= 11 is 0. The van der Waals surface area contributed by atoms with E-state index in [0.29, 0.717) is 13.1 Å². The molecular formula is C17H24N6O4S. The average Bonchev–Trinajstić information content (AvgIpc) is 3.05. The van der Waals surface area contributed by atoms with Gasteiger partial charge in [0.25, 0.3) is 10.0 Å². The predicted molar refractivity (Wildman–Crippen MR) is 106 cm³/mol. The van der Waals surface area contributed by atoms with Crippen molar-refractivity contribution < 1.29 is 18.3 Å². The van der Waals surface area contributed by atoms with Crippen LogP contribution in [0.25, 0.3) is 0 Å². The molecule has 1 fully saturated rings. The highest BCUT2D eigenvalue weighted by Crippen LogP contribution is 2.32. The Morgan fingerprint density at radius 3 is 2.61 bits per heavy atom. The smallest absolute Gasteiger partial charge is 0.409 e. The van der Waals surface area contributed by atoms with Gasteiger partial charge in [-0.2, -0.15) is 5.10 Å². The molecule has 0 bridgehead atoms. The summed E-state index contributed by atoms with van der Waals surface area (Å²) in [7, 11) is -3.89. The zero-order valence-corrected chi connectivity index (χ0v) is 16.4. The highest BCUT2D eigenvalue weighted by atomic mass is 32.2. The number of aliphatic imine (C=N–C) groups is 1. The predicted octanol–water partition coefficient (Wildman–Crippen LogP) is 1.10. The molecule has 0 saturated carbocycles. The van der Waals surface area contributed by atoms with Crippen LogP contribution in [0, 0.1) is 5.41 Å². The van der Waals surface area contributed by atoms with Crippen molar-refractivity contribution in [3.63, 3.8) is 0 Å². The molecule has 2 aliphatic rings. The van der Waals surface area contributed by atoms with Gasteiger partial charge < -0.3 is 10.4 Å². The van der Waals surface area contributed by atoms with Gasteiger partial charge in [-0.15, -0.1) is 0 Å². The maximum absolute atomic E-state index is 12.8. The van der Waals surface area contributed by atoms with E-state index in [1.807, 2.05) is 13.1 Å². The molecule has 1 saturated heterocycles. The Bertz CT molecular complexity index is 875. The van der Waals surface area contributed by atoms with Crippen molar-refractivity contribution in [2.45, 2.75) is 24.7 Å². The van der Waals surface area contributed by atoms with Crippen LogP contribution in [0.3, 0.4) is 0 Å². The standard InChI is InChI=1S/C17H24N6O4S/c1-2-19-15(23-12-17(11-20-23)7-9-18-10-8-17)22-28(26,27)14-5-3-13(4-6-14)21-16(24)25/h3-6,11,18,21H,2,7-10,12H2,1H3,(H,19,22)(H,24,25). The number of rotatable bonds is 4. The monoisotopic (exact) mass is 408 g/mol. The number of hydrazone groups is 1. The van der Waals surface area contributed by atoms with E-state index in [-0.39, 0.29) is 22.0 Å². The number of guanidine groups is 1. The van der Waals surface area contributed by atoms with Crippen molar-refractivity contribution in [1.82, 2.24) is 15.0 Å². The summed E-state index contributed by atoms with van der Waals surface area (Å²) < 4.78 is 28.0. The fourth-order valence-electron chi connectivity index (χ4n) is 3.25. The normalized spacial score (nSPS) is 19.0. The summed E-state index contributed by atoms with van der Waals surface area (Å²) in [5, 5.41) is 20.2. The number of carbonyl (C=O) groups is 1. The number of hydrogen-bond acceptors (Lipinski definition) is 6. The maximum Gasteiger partial charge on any atom is 0.409 e. The Balaban J connectivity index is 1.74. The van der Waals surface area contributed by atoms with Crippen molar-refractivity contribution in [1.29, 1.82) is 0 Å². The van der Waals surface area contributed by atoms with Gasteiger partial charge in [-0.3, -0.25) is 10.3 Å². The van der Waals surface area contributed by atoms with Gasteiger partial charge in [0.15, 0.2) is 0 Å². The maximum atomic E-state index is 12.8. The zero-order valence-electron chi connectivity index (χ0n) is 15.6.